The predicted octanol–water partition coefficient (Wildman–Crippen LogP) is 3.61. The zero-order chi connectivity index (χ0) is 17.5. The van der Waals surface area contributed by atoms with E-state index in [4.69, 9.17) is 21.1 Å². The number of hydrogen-bond acceptors (Lipinski definition) is 4. The van der Waals surface area contributed by atoms with Crippen molar-refractivity contribution in [3.63, 3.8) is 0 Å². The summed E-state index contributed by atoms with van der Waals surface area (Å²) >= 11 is 5.86. The van der Waals surface area contributed by atoms with Crippen LogP contribution in [0, 0.1) is 0 Å². The van der Waals surface area contributed by atoms with Crippen molar-refractivity contribution in [2.24, 2.45) is 0 Å². The van der Waals surface area contributed by atoms with Crippen molar-refractivity contribution in [1.82, 2.24) is 5.32 Å². The Morgan fingerprint density at radius 3 is 2.33 bits per heavy atom. The van der Waals surface area contributed by atoms with Gasteiger partial charge in [-0.3, -0.25) is 0 Å². The second-order valence-corrected chi connectivity index (χ2v) is 6.21. The van der Waals surface area contributed by atoms with Crippen molar-refractivity contribution in [2.45, 2.75) is 25.5 Å². The van der Waals surface area contributed by atoms with E-state index in [2.05, 4.69) is 12.2 Å². The van der Waals surface area contributed by atoms with E-state index in [9.17, 15) is 5.11 Å². The van der Waals surface area contributed by atoms with Crippen LogP contribution in [-0.4, -0.2) is 31.9 Å². The zero-order valence-electron chi connectivity index (χ0n) is 14.3. The predicted molar refractivity (Wildman–Crippen MR) is 97.1 cm³/mol. The summed E-state index contributed by atoms with van der Waals surface area (Å²) in [4.78, 5) is 0. The molecule has 130 valence electrons. The molecule has 0 aliphatic carbocycles. The highest BCUT2D eigenvalue weighted by molar-refractivity contribution is 6.30. The maximum absolute atomic E-state index is 10.2. The molecule has 0 aliphatic rings. The van der Waals surface area contributed by atoms with Crippen LogP contribution in [-0.2, 0) is 6.42 Å². The highest BCUT2D eigenvalue weighted by Crippen LogP contribution is 2.28. The highest BCUT2D eigenvalue weighted by atomic mass is 35.5. The van der Waals surface area contributed by atoms with Crippen LogP contribution < -0.4 is 14.8 Å². The Bertz CT molecular complexity index is 646. The number of ether oxygens (including phenoxy) is 2. The van der Waals surface area contributed by atoms with Gasteiger partial charge in [0.25, 0.3) is 0 Å². The van der Waals surface area contributed by atoms with Crippen molar-refractivity contribution in [3.8, 4) is 11.5 Å². The molecule has 0 aliphatic heterocycles. The molecule has 0 fully saturated rings. The Balaban J connectivity index is 1.88. The molecular formula is C19H24ClNO3. The van der Waals surface area contributed by atoms with E-state index in [0.717, 1.165) is 29.0 Å². The molecule has 0 amide bonds. The second kappa shape index (κ2) is 8.92. The van der Waals surface area contributed by atoms with Gasteiger partial charge in [0.15, 0.2) is 11.5 Å². The number of halogens is 1. The lowest BCUT2D eigenvalue weighted by atomic mass is 10.1. The summed E-state index contributed by atoms with van der Waals surface area (Å²) in [5.74, 6) is 1.45. The maximum Gasteiger partial charge on any atom is 0.160 e. The minimum Gasteiger partial charge on any atom is -0.493 e. The van der Waals surface area contributed by atoms with Gasteiger partial charge in [-0.05, 0) is 48.7 Å². The fourth-order valence-electron chi connectivity index (χ4n) is 2.55. The average molecular weight is 350 g/mol. The Labute approximate surface area is 148 Å². The molecule has 2 unspecified atom stereocenters. The normalized spacial score (nSPS) is 13.4. The highest BCUT2D eigenvalue weighted by Gasteiger charge is 2.11. The van der Waals surface area contributed by atoms with Crippen LogP contribution in [0.5, 0.6) is 11.5 Å². The molecule has 0 aromatic heterocycles. The Morgan fingerprint density at radius 1 is 1.04 bits per heavy atom. The van der Waals surface area contributed by atoms with Gasteiger partial charge in [-0.1, -0.05) is 29.8 Å². The summed E-state index contributed by atoms with van der Waals surface area (Å²) in [5, 5.41) is 14.3. The van der Waals surface area contributed by atoms with Crippen LogP contribution in [0.3, 0.4) is 0 Å². The second-order valence-electron chi connectivity index (χ2n) is 5.77. The lowest BCUT2D eigenvalue weighted by Crippen LogP contribution is -2.32. The Morgan fingerprint density at radius 2 is 1.71 bits per heavy atom. The fourth-order valence-corrected chi connectivity index (χ4v) is 2.67. The molecule has 5 heteroatoms. The van der Waals surface area contributed by atoms with Gasteiger partial charge >= 0.3 is 0 Å². The number of nitrogens with one attached hydrogen (secondary N) is 1. The molecule has 0 spiro atoms. The number of rotatable bonds is 8. The molecule has 2 rings (SSSR count). The third-order valence-electron chi connectivity index (χ3n) is 3.90. The van der Waals surface area contributed by atoms with E-state index in [1.165, 1.54) is 0 Å². The molecule has 0 bridgehead atoms. The monoisotopic (exact) mass is 349 g/mol. The van der Waals surface area contributed by atoms with E-state index in [1.807, 2.05) is 30.3 Å². The quantitative estimate of drug-likeness (QED) is 0.764. The lowest BCUT2D eigenvalue weighted by Gasteiger charge is -2.18. The molecule has 24 heavy (non-hydrogen) atoms. The van der Waals surface area contributed by atoms with Gasteiger partial charge in [-0.25, -0.2) is 0 Å². The van der Waals surface area contributed by atoms with E-state index in [0.29, 0.717) is 11.6 Å². The molecule has 2 aromatic rings. The molecule has 4 nitrogen and oxygen atoms in total. The molecule has 0 saturated heterocycles. The van der Waals surface area contributed by atoms with Crippen molar-refractivity contribution in [2.75, 3.05) is 20.8 Å². The molecule has 2 N–H and O–H groups in total. The Hall–Kier alpha value is -1.75. The first-order valence-electron chi connectivity index (χ1n) is 7.91. The lowest BCUT2D eigenvalue weighted by molar-refractivity contribution is 0.170. The van der Waals surface area contributed by atoms with E-state index in [1.54, 1.807) is 26.4 Å². The van der Waals surface area contributed by atoms with Gasteiger partial charge in [0.05, 0.1) is 20.3 Å². The summed E-state index contributed by atoms with van der Waals surface area (Å²) in [6.45, 7) is 2.57. The van der Waals surface area contributed by atoms with Gasteiger partial charge in [0, 0.05) is 17.6 Å². The van der Waals surface area contributed by atoms with Gasteiger partial charge in [-0.15, -0.1) is 0 Å². The number of hydrogen-bond donors (Lipinski definition) is 2. The fraction of sp³-hybridized carbons (Fsp3) is 0.368. The van der Waals surface area contributed by atoms with Crippen LogP contribution >= 0.6 is 11.6 Å². The van der Waals surface area contributed by atoms with Gasteiger partial charge in [0.2, 0.25) is 0 Å². The molecule has 2 atom stereocenters. The third kappa shape index (κ3) is 5.13. The summed E-state index contributed by atoms with van der Waals surface area (Å²) in [7, 11) is 3.26. The topological polar surface area (TPSA) is 50.7 Å². The van der Waals surface area contributed by atoms with E-state index in [-0.39, 0.29) is 6.04 Å². The van der Waals surface area contributed by atoms with Crippen molar-refractivity contribution >= 4 is 11.6 Å². The first-order chi connectivity index (χ1) is 11.5. The maximum atomic E-state index is 10.2. The molecular weight excluding hydrogens is 326 g/mol. The standard InChI is InChI=1S/C19H24ClNO3/c1-13(10-14-4-9-18(23-2)19(11-14)24-3)21-12-17(22)15-5-7-16(20)8-6-15/h4-9,11,13,17,21-22H,10,12H2,1-3H3. The van der Waals surface area contributed by atoms with Crippen molar-refractivity contribution in [3.05, 3.63) is 58.6 Å². The minimum atomic E-state index is -0.560. The van der Waals surface area contributed by atoms with Crippen LogP contribution in [0.15, 0.2) is 42.5 Å². The first-order valence-corrected chi connectivity index (χ1v) is 8.29. The largest absolute Gasteiger partial charge is 0.493 e. The number of benzene rings is 2. The zero-order valence-corrected chi connectivity index (χ0v) is 15.0. The number of aliphatic hydroxyl groups is 1. The van der Waals surface area contributed by atoms with Crippen LogP contribution in [0.25, 0.3) is 0 Å². The van der Waals surface area contributed by atoms with Crippen molar-refractivity contribution < 1.29 is 14.6 Å². The van der Waals surface area contributed by atoms with Crippen LogP contribution in [0.4, 0.5) is 0 Å². The summed E-state index contributed by atoms with van der Waals surface area (Å²) in [6, 6.07) is 13.4. The van der Waals surface area contributed by atoms with Crippen LogP contribution in [0.1, 0.15) is 24.2 Å². The van der Waals surface area contributed by atoms with Gasteiger partial charge < -0.3 is 19.9 Å². The number of methoxy groups -OCH3 is 2. The minimum absolute atomic E-state index is 0.213. The summed E-state index contributed by atoms with van der Waals surface area (Å²) in [5.41, 5.74) is 2.00. The SMILES string of the molecule is COc1ccc(CC(C)NCC(O)c2ccc(Cl)cc2)cc1OC. The summed E-state index contributed by atoms with van der Waals surface area (Å²) in [6.07, 6.45) is 0.267. The molecule has 0 saturated carbocycles. The summed E-state index contributed by atoms with van der Waals surface area (Å²) < 4.78 is 10.6. The first kappa shape index (κ1) is 18.6. The average Bonchev–Trinajstić information content (AvgIpc) is 2.60. The van der Waals surface area contributed by atoms with E-state index >= 15 is 0 Å². The molecule has 0 radical (unpaired) electrons. The molecule has 0 heterocycles. The smallest absolute Gasteiger partial charge is 0.160 e. The van der Waals surface area contributed by atoms with Crippen molar-refractivity contribution in [1.29, 1.82) is 0 Å². The number of aliphatic hydroxyl groups excluding tert-OH is 1. The van der Waals surface area contributed by atoms with Crippen LogP contribution in [0.2, 0.25) is 5.02 Å². The molecule has 2 aromatic carbocycles. The third-order valence-corrected chi connectivity index (χ3v) is 4.16. The van der Waals surface area contributed by atoms with E-state index < -0.39 is 6.10 Å². The Kier molecular flexibility index (Phi) is 6.91. The van der Waals surface area contributed by atoms with Gasteiger partial charge in [0.1, 0.15) is 0 Å². The van der Waals surface area contributed by atoms with Gasteiger partial charge in [-0.2, -0.15) is 0 Å².